The van der Waals surface area contributed by atoms with E-state index in [9.17, 15) is 9.59 Å². The van der Waals surface area contributed by atoms with Crippen LogP contribution in [0.2, 0.25) is 5.02 Å². The molecule has 0 atom stereocenters. The van der Waals surface area contributed by atoms with Gasteiger partial charge in [-0.25, -0.2) is 14.3 Å². The first-order valence-corrected chi connectivity index (χ1v) is 8.39. The minimum atomic E-state index is -0.405. The zero-order valence-electron chi connectivity index (χ0n) is 14.1. The number of imidazole rings is 1. The van der Waals surface area contributed by atoms with Crippen LogP contribution in [0, 0.1) is 5.92 Å². The third-order valence-electron chi connectivity index (χ3n) is 3.86. The number of allylic oxidation sites excluding steroid dienone is 1. The van der Waals surface area contributed by atoms with Gasteiger partial charge in [-0.1, -0.05) is 31.5 Å². The maximum Gasteiger partial charge on any atom is 0.337 e. The molecule has 2 heterocycles. The largest absolute Gasteiger partial charge is 0.337 e. The van der Waals surface area contributed by atoms with Crippen LogP contribution in [0.3, 0.4) is 0 Å². The highest BCUT2D eigenvalue weighted by molar-refractivity contribution is 6.30. The Kier molecular flexibility index (Phi) is 4.63. The fourth-order valence-corrected chi connectivity index (χ4v) is 2.93. The van der Waals surface area contributed by atoms with Crippen LogP contribution in [-0.4, -0.2) is 18.7 Å². The highest BCUT2D eigenvalue weighted by Crippen LogP contribution is 2.16. The van der Waals surface area contributed by atoms with E-state index >= 15 is 0 Å². The summed E-state index contributed by atoms with van der Waals surface area (Å²) in [7, 11) is 0. The summed E-state index contributed by atoms with van der Waals surface area (Å²) < 4.78 is 4.42. The lowest BCUT2D eigenvalue weighted by molar-refractivity contribution is 0.489. The van der Waals surface area contributed by atoms with E-state index in [1.54, 1.807) is 41.2 Å². The predicted molar refractivity (Wildman–Crippen MR) is 99.6 cm³/mol. The van der Waals surface area contributed by atoms with Gasteiger partial charge in [0.1, 0.15) is 0 Å². The Morgan fingerprint density at radius 1 is 1.24 bits per heavy atom. The quantitative estimate of drug-likeness (QED) is 0.659. The van der Waals surface area contributed by atoms with Crippen LogP contribution in [0.15, 0.2) is 52.8 Å². The summed E-state index contributed by atoms with van der Waals surface area (Å²) in [6.45, 7) is 8.40. The molecular formula is C18H19ClN4O2. The van der Waals surface area contributed by atoms with E-state index in [1.165, 1.54) is 9.13 Å². The van der Waals surface area contributed by atoms with E-state index < -0.39 is 5.69 Å². The van der Waals surface area contributed by atoms with Crippen molar-refractivity contribution in [1.82, 2.24) is 18.7 Å². The molecule has 0 saturated carbocycles. The summed E-state index contributed by atoms with van der Waals surface area (Å²) in [5.74, 6) is 0.150. The predicted octanol–water partition coefficient (Wildman–Crippen LogP) is 2.84. The number of hydrogen-bond acceptors (Lipinski definition) is 3. The molecule has 0 aliphatic rings. The molecule has 7 heteroatoms. The van der Waals surface area contributed by atoms with Crippen LogP contribution < -0.4 is 11.2 Å². The van der Waals surface area contributed by atoms with Crippen molar-refractivity contribution >= 4 is 22.8 Å². The van der Waals surface area contributed by atoms with E-state index in [0.29, 0.717) is 35.0 Å². The molecule has 0 spiro atoms. The Hall–Kier alpha value is -2.60. The van der Waals surface area contributed by atoms with Crippen molar-refractivity contribution in [1.29, 1.82) is 0 Å². The lowest BCUT2D eigenvalue weighted by atomic mass is 10.2. The first-order chi connectivity index (χ1) is 11.9. The minimum Gasteiger partial charge on any atom is -0.321 e. The second kappa shape index (κ2) is 6.72. The van der Waals surface area contributed by atoms with Crippen molar-refractivity contribution in [2.24, 2.45) is 5.92 Å². The maximum absolute atomic E-state index is 13.0. The van der Waals surface area contributed by atoms with Crippen LogP contribution in [-0.2, 0) is 13.1 Å². The third-order valence-corrected chi connectivity index (χ3v) is 4.11. The van der Waals surface area contributed by atoms with Gasteiger partial charge in [-0.3, -0.25) is 9.36 Å². The van der Waals surface area contributed by atoms with Gasteiger partial charge in [0, 0.05) is 18.1 Å². The van der Waals surface area contributed by atoms with Crippen LogP contribution in [0.5, 0.6) is 0 Å². The molecule has 6 nitrogen and oxygen atoms in total. The Morgan fingerprint density at radius 3 is 2.52 bits per heavy atom. The van der Waals surface area contributed by atoms with Crippen molar-refractivity contribution in [2.75, 3.05) is 0 Å². The van der Waals surface area contributed by atoms with Crippen molar-refractivity contribution in [2.45, 2.75) is 26.9 Å². The molecule has 0 aliphatic heterocycles. The average Bonchev–Trinajstić information content (AvgIpc) is 2.97. The van der Waals surface area contributed by atoms with Gasteiger partial charge in [-0.2, -0.15) is 0 Å². The number of halogens is 1. The van der Waals surface area contributed by atoms with Gasteiger partial charge in [-0.05, 0) is 30.2 Å². The second-order valence-corrected chi connectivity index (χ2v) is 6.70. The molecular weight excluding hydrogens is 340 g/mol. The molecule has 130 valence electrons. The number of rotatable bonds is 5. The summed E-state index contributed by atoms with van der Waals surface area (Å²) in [5, 5.41) is 0.570. The molecule has 0 N–H and O–H groups in total. The molecule has 25 heavy (non-hydrogen) atoms. The van der Waals surface area contributed by atoms with E-state index in [1.807, 2.05) is 13.8 Å². The first-order valence-electron chi connectivity index (χ1n) is 8.01. The molecule has 0 amide bonds. The lowest BCUT2D eigenvalue weighted by Gasteiger charge is -2.13. The van der Waals surface area contributed by atoms with Crippen LogP contribution in [0.25, 0.3) is 16.9 Å². The summed E-state index contributed by atoms with van der Waals surface area (Å²) in [6, 6.07) is 6.88. The van der Waals surface area contributed by atoms with E-state index in [4.69, 9.17) is 11.6 Å². The van der Waals surface area contributed by atoms with Crippen LogP contribution in [0.4, 0.5) is 0 Å². The fraction of sp³-hybridized carbons (Fsp3) is 0.278. The van der Waals surface area contributed by atoms with Gasteiger partial charge in [0.25, 0.3) is 5.56 Å². The van der Waals surface area contributed by atoms with Crippen LogP contribution >= 0.6 is 11.6 Å². The van der Waals surface area contributed by atoms with E-state index in [0.717, 1.165) is 0 Å². The Bertz CT molecular complexity index is 1040. The minimum absolute atomic E-state index is 0.150. The molecule has 3 aromatic rings. The zero-order chi connectivity index (χ0) is 18.1. The van der Waals surface area contributed by atoms with Crippen molar-refractivity contribution in [3.63, 3.8) is 0 Å². The zero-order valence-corrected chi connectivity index (χ0v) is 14.9. The number of hydrogen-bond donors (Lipinski definition) is 0. The number of aromatic nitrogens is 4. The topological polar surface area (TPSA) is 61.8 Å². The SMILES string of the molecule is C=CCn1cnc2c1c(=O)n(CC(C)C)c(=O)n2-c1ccc(Cl)cc1. The van der Waals surface area contributed by atoms with E-state index in [-0.39, 0.29) is 11.5 Å². The molecule has 0 unspecified atom stereocenters. The third kappa shape index (κ3) is 3.05. The maximum atomic E-state index is 13.0. The molecule has 0 fully saturated rings. The lowest BCUT2D eigenvalue weighted by Crippen LogP contribution is -2.41. The molecule has 1 aromatic carbocycles. The van der Waals surface area contributed by atoms with E-state index in [2.05, 4.69) is 11.6 Å². The first kappa shape index (κ1) is 17.2. The Morgan fingerprint density at radius 2 is 1.92 bits per heavy atom. The van der Waals surface area contributed by atoms with Gasteiger partial charge < -0.3 is 4.57 Å². The summed E-state index contributed by atoms with van der Waals surface area (Å²) >= 11 is 5.95. The Labute approximate surface area is 149 Å². The Balaban J connectivity index is 2.42. The van der Waals surface area contributed by atoms with Crippen molar-refractivity contribution in [3.05, 3.63) is 69.1 Å². The molecule has 0 bridgehead atoms. The average molecular weight is 359 g/mol. The van der Waals surface area contributed by atoms with Gasteiger partial charge in [0.2, 0.25) is 0 Å². The van der Waals surface area contributed by atoms with Crippen molar-refractivity contribution in [3.8, 4) is 5.69 Å². The molecule has 2 aromatic heterocycles. The fourth-order valence-electron chi connectivity index (χ4n) is 2.81. The van der Waals surface area contributed by atoms with Gasteiger partial charge in [-0.15, -0.1) is 6.58 Å². The smallest absolute Gasteiger partial charge is 0.321 e. The molecule has 0 saturated heterocycles. The highest BCUT2D eigenvalue weighted by atomic mass is 35.5. The summed E-state index contributed by atoms with van der Waals surface area (Å²) in [4.78, 5) is 30.2. The van der Waals surface area contributed by atoms with Gasteiger partial charge in [0.05, 0.1) is 12.0 Å². The second-order valence-electron chi connectivity index (χ2n) is 6.26. The summed E-state index contributed by atoms with van der Waals surface area (Å²) in [5.41, 5.74) is 0.589. The molecule has 0 aliphatic carbocycles. The number of fused-ring (bicyclic) bond motifs is 1. The standard InChI is InChI=1S/C18H19ClN4O2/c1-4-9-21-11-20-16-15(21)17(24)22(10-12(2)3)18(25)23(16)14-7-5-13(19)6-8-14/h4-8,11-12H,1,9-10H2,2-3H3. The summed E-state index contributed by atoms with van der Waals surface area (Å²) in [6.07, 6.45) is 3.24. The number of nitrogens with zero attached hydrogens (tertiary/aromatic N) is 4. The highest BCUT2D eigenvalue weighted by Gasteiger charge is 2.19. The van der Waals surface area contributed by atoms with Crippen molar-refractivity contribution < 1.29 is 0 Å². The normalized spacial score (nSPS) is 11.4. The van der Waals surface area contributed by atoms with Gasteiger partial charge >= 0.3 is 5.69 Å². The van der Waals surface area contributed by atoms with Gasteiger partial charge in [0.15, 0.2) is 11.2 Å². The number of benzene rings is 1. The molecule has 3 rings (SSSR count). The van der Waals surface area contributed by atoms with Crippen LogP contribution in [0.1, 0.15) is 13.8 Å². The molecule has 0 radical (unpaired) electrons. The monoisotopic (exact) mass is 358 g/mol.